The zero-order valence-electron chi connectivity index (χ0n) is 9.51. The van der Waals surface area contributed by atoms with Gasteiger partial charge in [0.15, 0.2) is 11.6 Å². The molecule has 2 rings (SSSR count). The summed E-state index contributed by atoms with van der Waals surface area (Å²) in [5.74, 6) is 0.966. The molecule has 0 saturated carbocycles. The largest absolute Gasteiger partial charge is 0.366 e. The van der Waals surface area contributed by atoms with Crippen LogP contribution in [0.4, 0.5) is 0 Å². The number of hydrogen-bond donors (Lipinski definition) is 2. The Labute approximate surface area is 109 Å². The first kappa shape index (κ1) is 12.5. The number of carbonyl (C=O) groups is 1. The van der Waals surface area contributed by atoms with Crippen LogP contribution in [0.3, 0.4) is 0 Å². The Bertz CT molecular complexity index is 542. The van der Waals surface area contributed by atoms with Gasteiger partial charge in [0.25, 0.3) is 0 Å². The fraction of sp³-hybridized carbons (Fsp3) is 0.182. The van der Waals surface area contributed by atoms with Crippen LogP contribution in [-0.2, 0) is 12.4 Å². The van der Waals surface area contributed by atoms with E-state index < -0.39 is 5.91 Å². The number of amides is 1. The average molecular weight is 266 g/mol. The molecule has 1 aromatic heterocycles. The smallest absolute Gasteiger partial charge is 0.248 e. The topological polar surface area (TPSA) is 99.8 Å². The van der Waals surface area contributed by atoms with Gasteiger partial charge in [-0.1, -0.05) is 0 Å². The van der Waals surface area contributed by atoms with Gasteiger partial charge < -0.3 is 11.5 Å². The van der Waals surface area contributed by atoms with Crippen molar-refractivity contribution in [2.24, 2.45) is 11.5 Å². The van der Waals surface area contributed by atoms with Gasteiger partial charge in [0.05, 0.1) is 12.4 Å². The molecule has 0 fully saturated rings. The highest BCUT2D eigenvalue weighted by Gasteiger charge is 2.12. The van der Waals surface area contributed by atoms with Crippen molar-refractivity contribution in [3.63, 3.8) is 0 Å². The Hall–Kier alpha value is -1.92. The van der Waals surface area contributed by atoms with E-state index >= 15 is 0 Å². The third-order valence-electron chi connectivity index (χ3n) is 2.51. The molecule has 0 atom stereocenters. The first-order valence-corrected chi connectivity index (χ1v) is 5.80. The van der Waals surface area contributed by atoms with Crippen molar-refractivity contribution in [3.8, 4) is 5.69 Å². The molecule has 18 heavy (non-hydrogen) atoms. The zero-order valence-corrected chi connectivity index (χ0v) is 10.3. The molecule has 2 aromatic rings. The number of aromatic nitrogens is 3. The van der Waals surface area contributed by atoms with E-state index in [4.69, 9.17) is 23.1 Å². The number of nitrogens with two attached hydrogens (primary N) is 2. The second-order valence-electron chi connectivity index (χ2n) is 3.62. The first-order chi connectivity index (χ1) is 8.67. The highest BCUT2D eigenvalue weighted by Crippen LogP contribution is 2.15. The lowest BCUT2D eigenvalue weighted by molar-refractivity contribution is 0.100. The Balaban J connectivity index is 2.47. The average Bonchev–Trinajstić information content (AvgIpc) is 2.81. The van der Waals surface area contributed by atoms with Crippen LogP contribution < -0.4 is 11.5 Å². The summed E-state index contributed by atoms with van der Waals surface area (Å²) >= 11 is 5.80. The van der Waals surface area contributed by atoms with Gasteiger partial charge in [-0.15, -0.1) is 21.8 Å². The van der Waals surface area contributed by atoms with E-state index in [0.717, 1.165) is 5.69 Å². The summed E-state index contributed by atoms with van der Waals surface area (Å²) in [6, 6.07) is 6.77. The van der Waals surface area contributed by atoms with Crippen LogP contribution in [0.25, 0.3) is 5.69 Å². The summed E-state index contributed by atoms with van der Waals surface area (Å²) in [7, 11) is 0. The molecular weight excluding hydrogens is 254 g/mol. The van der Waals surface area contributed by atoms with Crippen LogP contribution in [0.2, 0.25) is 0 Å². The van der Waals surface area contributed by atoms with Crippen LogP contribution in [0.5, 0.6) is 0 Å². The molecule has 0 saturated heterocycles. The first-order valence-electron chi connectivity index (χ1n) is 5.26. The molecule has 0 aliphatic rings. The summed E-state index contributed by atoms with van der Waals surface area (Å²) in [6.07, 6.45) is 0. The maximum absolute atomic E-state index is 11.0. The minimum absolute atomic E-state index is 0.227. The van der Waals surface area contributed by atoms with Gasteiger partial charge in [0.2, 0.25) is 5.91 Å². The van der Waals surface area contributed by atoms with Crippen LogP contribution in [-0.4, -0.2) is 20.7 Å². The van der Waals surface area contributed by atoms with Crippen molar-refractivity contribution in [1.82, 2.24) is 14.8 Å². The summed E-state index contributed by atoms with van der Waals surface area (Å²) < 4.78 is 1.76. The van der Waals surface area contributed by atoms with E-state index in [0.29, 0.717) is 17.2 Å². The van der Waals surface area contributed by atoms with Gasteiger partial charge in [-0.25, -0.2) is 0 Å². The van der Waals surface area contributed by atoms with Crippen LogP contribution in [0.15, 0.2) is 24.3 Å². The van der Waals surface area contributed by atoms with Crippen molar-refractivity contribution in [2.45, 2.75) is 12.4 Å². The van der Waals surface area contributed by atoms with Gasteiger partial charge in [-0.3, -0.25) is 9.36 Å². The fourth-order valence-electron chi connectivity index (χ4n) is 1.65. The fourth-order valence-corrected chi connectivity index (χ4v) is 1.82. The number of primary amides is 1. The highest BCUT2D eigenvalue weighted by molar-refractivity contribution is 6.16. The van der Waals surface area contributed by atoms with Gasteiger partial charge >= 0.3 is 0 Å². The maximum Gasteiger partial charge on any atom is 0.248 e. The molecular formula is C11H12ClN5O. The Morgan fingerprint density at radius 3 is 2.33 bits per heavy atom. The summed E-state index contributed by atoms with van der Waals surface area (Å²) in [4.78, 5) is 11.0. The molecule has 7 heteroatoms. The number of carbonyl (C=O) groups excluding carboxylic acids is 1. The monoisotopic (exact) mass is 265 g/mol. The van der Waals surface area contributed by atoms with Crippen molar-refractivity contribution in [1.29, 1.82) is 0 Å². The minimum atomic E-state index is -0.470. The van der Waals surface area contributed by atoms with E-state index in [1.54, 1.807) is 28.8 Å². The van der Waals surface area contributed by atoms with Gasteiger partial charge in [-0.2, -0.15) is 0 Å². The van der Waals surface area contributed by atoms with E-state index in [-0.39, 0.29) is 12.4 Å². The second-order valence-corrected chi connectivity index (χ2v) is 3.88. The summed E-state index contributed by atoms with van der Waals surface area (Å²) in [6.45, 7) is 0.251. The number of halogens is 1. The van der Waals surface area contributed by atoms with E-state index in [9.17, 15) is 4.79 Å². The zero-order chi connectivity index (χ0) is 13.1. The standard InChI is InChI=1S/C11H12ClN5O/c12-5-9-15-16-10(6-13)17(9)8-3-1-7(2-4-8)11(14)18/h1-4H,5-6,13H2,(H2,14,18). The third kappa shape index (κ3) is 2.20. The quantitative estimate of drug-likeness (QED) is 0.789. The maximum atomic E-state index is 11.0. The molecule has 4 N–H and O–H groups in total. The van der Waals surface area contributed by atoms with Crippen LogP contribution in [0.1, 0.15) is 22.0 Å². The predicted molar refractivity (Wildman–Crippen MR) is 67.3 cm³/mol. The molecule has 1 amide bonds. The Kier molecular flexibility index (Phi) is 3.59. The SMILES string of the molecule is NCc1nnc(CCl)n1-c1ccc(C(N)=O)cc1. The molecule has 1 aromatic carbocycles. The van der Waals surface area contributed by atoms with Crippen LogP contribution >= 0.6 is 11.6 Å². The molecule has 0 bridgehead atoms. The lowest BCUT2D eigenvalue weighted by Crippen LogP contribution is -2.12. The van der Waals surface area contributed by atoms with Gasteiger partial charge in [0, 0.05) is 11.3 Å². The minimum Gasteiger partial charge on any atom is -0.366 e. The number of rotatable bonds is 4. The van der Waals surface area contributed by atoms with E-state index in [1.807, 2.05) is 0 Å². The number of nitrogens with zero attached hydrogens (tertiary/aromatic N) is 3. The third-order valence-corrected chi connectivity index (χ3v) is 2.75. The number of hydrogen-bond acceptors (Lipinski definition) is 4. The molecule has 1 heterocycles. The molecule has 6 nitrogen and oxygen atoms in total. The molecule has 0 spiro atoms. The molecule has 0 aliphatic heterocycles. The summed E-state index contributed by atoms with van der Waals surface area (Å²) in [5.41, 5.74) is 12.0. The van der Waals surface area contributed by atoms with Crippen molar-refractivity contribution in [2.75, 3.05) is 0 Å². The second kappa shape index (κ2) is 5.16. The van der Waals surface area contributed by atoms with Crippen molar-refractivity contribution < 1.29 is 4.79 Å². The molecule has 94 valence electrons. The highest BCUT2D eigenvalue weighted by atomic mass is 35.5. The number of alkyl halides is 1. The Morgan fingerprint density at radius 2 is 1.83 bits per heavy atom. The van der Waals surface area contributed by atoms with E-state index in [1.165, 1.54) is 0 Å². The van der Waals surface area contributed by atoms with Crippen molar-refractivity contribution in [3.05, 3.63) is 41.5 Å². The van der Waals surface area contributed by atoms with Gasteiger partial charge in [-0.05, 0) is 24.3 Å². The lowest BCUT2D eigenvalue weighted by Gasteiger charge is -2.08. The molecule has 0 aliphatic carbocycles. The number of benzene rings is 1. The van der Waals surface area contributed by atoms with E-state index in [2.05, 4.69) is 10.2 Å². The van der Waals surface area contributed by atoms with Crippen molar-refractivity contribution >= 4 is 17.5 Å². The summed E-state index contributed by atoms with van der Waals surface area (Å²) in [5, 5.41) is 7.90. The molecule has 0 unspecified atom stereocenters. The normalized spacial score (nSPS) is 10.6. The predicted octanol–water partition coefficient (Wildman–Crippen LogP) is 0.564. The van der Waals surface area contributed by atoms with Gasteiger partial charge in [0.1, 0.15) is 0 Å². The Morgan fingerprint density at radius 1 is 1.22 bits per heavy atom. The van der Waals surface area contributed by atoms with Crippen LogP contribution in [0, 0.1) is 0 Å². The lowest BCUT2D eigenvalue weighted by atomic mass is 10.2. The molecule has 0 radical (unpaired) electrons.